The van der Waals surface area contributed by atoms with Gasteiger partial charge in [0.25, 0.3) is 11.6 Å². The quantitative estimate of drug-likeness (QED) is 0.362. The summed E-state index contributed by atoms with van der Waals surface area (Å²) in [4.78, 5) is 46.5. The Balaban J connectivity index is 1.86. The Morgan fingerprint density at radius 2 is 1.83 bits per heavy atom. The van der Waals surface area contributed by atoms with Crippen molar-refractivity contribution in [1.82, 2.24) is 5.32 Å². The molecule has 2 rings (SSSR count). The van der Waals surface area contributed by atoms with Crippen LogP contribution in [0.15, 0.2) is 48.5 Å². The van der Waals surface area contributed by atoms with E-state index in [4.69, 9.17) is 9.47 Å². The van der Waals surface area contributed by atoms with E-state index in [1.165, 1.54) is 26.2 Å². The van der Waals surface area contributed by atoms with E-state index >= 15 is 0 Å². The minimum Gasteiger partial charge on any atom is -0.496 e. The second-order valence-corrected chi connectivity index (χ2v) is 6.20. The average Bonchev–Trinajstić information content (AvgIpc) is 2.73. The molecule has 2 aromatic carbocycles. The van der Waals surface area contributed by atoms with E-state index in [1.807, 2.05) is 6.07 Å². The van der Waals surface area contributed by atoms with Gasteiger partial charge in [-0.2, -0.15) is 0 Å². The van der Waals surface area contributed by atoms with Gasteiger partial charge in [-0.1, -0.05) is 30.3 Å². The lowest BCUT2D eigenvalue weighted by Gasteiger charge is -2.14. The SMILES string of the molecule is COc1ccc(NC(=O)[C@H](C)OC(=O)CNC(=O)Cc2ccccc2)c([N+](=O)[O-])c1. The molecule has 1 atom stereocenters. The topological polar surface area (TPSA) is 137 Å². The summed E-state index contributed by atoms with van der Waals surface area (Å²) in [5.74, 6) is -1.69. The summed E-state index contributed by atoms with van der Waals surface area (Å²) >= 11 is 0. The van der Waals surface area contributed by atoms with Gasteiger partial charge in [-0.3, -0.25) is 24.5 Å². The highest BCUT2D eigenvalue weighted by molar-refractivity contribution is 5.97. The zero-order valence-electron chi connectivity index (χ0n) is 16.4. The molecule has 2 amide bonds. The number of ether oxygens (including phenoxy) is 2. The summed E-state index contributed by atoms with van der Waals surface area (Å²) in [6.45, 7) is 0.903. The van der Waals surface area contributed by atoms with Crippen LogP contribution in [0, 0.1) is 10.1 Å². The molecule has 0 saturated carbocycles. The van der Waals surface area contributed by atoms with Gasteiger partial charge in [-0.25, -0.2) is 0 Å². The van der Waals surface area contributed by atoms with Crippen molar-refractivity contribution in [3.63, 3.8) is 0 Å². The summed E-state index contributed by atoms with van der Waals surface area (Å²) in [7, 11) is 1.36. The largest absolute Gasteiger partial charge is 0.496 e. The first-order valence-corrected chi connectivity index (χ1v) is 8.93. The Morgan fingerprint density at radius 3 is 2.47 bits per heavy atom. The highest BCUT2D eigenvalue weighted by Crippen LogP contribution is 2.29. The molecular weight excluding hydrogens is 394 g/mol. The number of nitro groups is 1. The molecule has 0 bridgehead atoms. The van der Waals surface area contributed by atoms with Crippen molar-refractivity contribution in [2.75, 3.05) is 19.0 Å². The maximum atomic E-state index is 12.2. The molecule has 0 fully saturated rings. The minimum atomic E-state index is -1.23. The van der Waals surface area contributed by atoms with Crippen molar-refractivity contribution in [2.24, 2.45) is 0 Å². The number of hydrogen-bond acceptors (Lipinski definition) is 7. The predicted octanol–water partition coefficient (Wildman–Crippen LogP) is 1.83. The molecule has 0 radical (unpaired) electrons. The molecule has 0 spiro atoms. The van der Waals surface area contributed by atoms with Crippen molar-refractivity contribution in [3.05, 3.63) is 64.2 Å². The van der Waals surface area contributed by atoms with E-state index in [2.05, 4.69) is 10.6 Å². The Labute approximate surface area is 172 Å². The molecule has 0 aromatic heterocycles. The number of methoxy groups -OCH3 is 1. The summed E-state index contributed by atoms with van der Waals surface area (Å²) in [5.41, 5.74) is 0.358. The second kappa shape index (κ2) is 10.6. The van der Waals surface area contributed by atoms with Gasteiger partial charge in [0.2, 0.25) is 5.91 Å². The minimum absolute atomic E-state index is 0.0649. The van der Waals surface area contributed by atoms with Crippen molar-refractivity contribution in [2.45, 2.75) is 19.4 Å². The Morgan fingerprint density at radius 1 is 1.13 bits per heavy atom. The number of carbonyl (C=O) groups is 3. The highest BCUT2D eigenvalue weighted by atomic mass is 16.6. The van der Waals surface area contributed by atoms with E-state index in [1.54, 1.807) is 24.3 Å². The maximum Gasteiger partial charge on any atom is 0.326 e. The number of nitrogens with one attached hydrogen (secondary N) is 2. The van der Waals surface area contributed by atoms with Gasteiger partial charge in [-0.15, -0.1) is 0 Å². The van der Waals surface area contributed by atoms with Crippen molar-refractivity contribution in [3.8, 4) is 5.75 Å². The molecular formula is C20H21N3O7. The van der Waals surface area contributed by atoms with Crippen LogP contribution >= 0.6 is 0 Å². The Bertz CT molecular complexity index is 931. The summed E-state index contributed by atoms with van der Waals surface area (Å²) < 4.78 is 9.90. The van der Waals surface area contributed by atoms with Crippen LogP contribution in [-0.4, -0.2) is 42.5 Å². The number of nitrogens with zero attached hydrogens (tertiary/aromatic N) is 1. The van der Waals surface area contributed by atoms with Crippen molar-refractivity contribution >= 4 is 29.2 Å². The normalized spacial score (nSPS) is 11.1. The standard InChI is InChI=1S/C20H21N3O7/c1-13(20(26)22-16-9-8-15(29-2)11-17(16)23(27)28)30-19(25)12-21-18(24)10-14-6-4-3-5-7-14/h3-9,11,13H,10,12H2,1-2H3,(H,21,24)(H,22,26)/t13-/m0/s1. The number of esters is 1. The first-order valence-electron chi connectivity index (χ1n) is 8.93. The lowest BCUT2D eigenvalue weighted by molar-refractivity contribution is -0.384. The molecule has 2 aromatic rings. The van der Waals surface area contributed by atoms with Crippen LogP contribution in [0.3, 0.4) is 0 Å². The third-order valence-corrected chi connectivity index (χ3v) is 3.97. The van der Waals surface area contributed by atoms with Crippen LogP contribution in [0.25, 0.3) is 0 Å². The van der Waals surface area contributed by atoms with Crippen molar-refractivity contribution in [1.29, 1.82) is 0 Å². The molecule has 158 valence electrons. The highest BCUT2D eigenvalue weighted by Gasteiger charge is 2.22. The molecule has 0 aliphatic carbocycles. The van der Waals surface area contributed by atoms with Crippen LogP contribution in [-0.2, 0) is 25.5 Å². The third-order valence-electron chi connectivity index (χ3n) is 3.97. The molecule has 10 nitrogen and oxygen atoms in total. The van der Waals surface area contributed by atoms with Crippen LogP contribution < -0.4 is 15.4 Å². The lowest BCUT2D eigenvalue weighted by atomic mass is 10.1. The fourth-order valence-electron chi connectivity index (χ4n) is 2.44. The van der Waals surface area contributed by atoms with E-state index < -0.39 is 29.4 Å². The molecule has 10 heteroatoms. The van der Waals surface area contributed by atoms with Gasteiger partial charge in [-0.05, 0) is 24.6 Å². The maximum absolute atomic E-state index is 12.2. The van der Waals surface area contributed by atoms with Crippen LogP contribution in [0.4, 0.5) is 11.4 Å². The summed E-state index contributed by atoms with van der Waals surface area (Å²) in [6, 6.07) is 12.9. The number of carbonyl (C=O) groups excluding carboxylic acids is 3. The van der Waals surface area contributed by atoms with Gasteiger partial charge in [0, 0.05) is 0 Å². The van der Waals surface area contributed by atoms with E-state index in [0.29, 0.717) is 0 Å². The molecule has 0 aliphatic rings. The Kier molecular flexibility index (Phi) is 7.86. The number of anilines is 1. The molecule has 2 N–H and O–H groups in total. The number of rotatable bonds is 9. The number of nitro benzene ring substituents is 1. The van der Waals surface area contributed by atoms with E-state index in [-0.39, 0.29) is 29.5 Å². The van der Waals surface area contributed by atoms with Gasteiger partial charge < -0.3 is 20.1 Å². The third kappa shape index (κ3) is 6.59. The van der Waals surface area contributed by atoms with Crippen LogP contribution in [0.1, 0.15) is 12.5 Å². The van der Waals surface area contributed by atoms with E-state index in [9.17, 15) is 24.5 Å². The first kappa shape index (κ1) is 22.3. The Hall–Kier alpha value is -3.95. The monoisotopic (exact) mass is 415 g/mol. The predicted molar refractivity (Wildman–Crippen MR) is 107 cm³/mol. The fraction of sp³-hybridized carbons (Fsp3) is 0.250. The number of amides is 2. The smallest absolute Gasteiger partial charge is 0.326 e. The molecule has 0 saturated heterocycles. The number of benzene rings is 2. The van der Waals surface area contributed by atoms with Gasteiger partial charge in [0.15, 0.2) is 6.10 Å². The van der Waals surface area contributed by atoms with Gasteiger partial charge in [0.1, 0.15) is 18.0 Å². The van der Waals surface area contributed by atoms with Crippen molar-refractivity contribution < 1.29 is 28.8 Å². The van der Waals surface area contributed by atoms with E-state index in [0.717, 1.165) is 11.6 Å². The molecule has 30 heavy (non-hydrogen) atoms. The second-order valence-electron chi connectivity index (χ2n) is 6.20. The summed E-state index contributed by atoms with van der Waals surface area (Å²) in [5, 5.41) is 15.9. The van der Waals surface area contributed by atoms with Gasteiger partial charge >= 0.3 is 5.97 Å². The zero-order valence-corrected chi connectivity index (χ0v) is 16.4. The molecule has 0 unspecified atom stereocenters. The van der Waals surface area contributed by atoms with Gasteiger partial charge in [0.05, 0.1) is 24.5 Å². The van der Waals surface area contributed by atoms with Crippen LogP contribution in [0.5, 0.6) is 5.75 Å². The van der Waals surface area contributed by atoms with Crippen LogP contribution in [0.2, 0.25) is 0 Å². The molecule has 0 heterocycles. The average molecular weight is 415 g/mol. The lowest BCUT2D eigenvalue weighted by Crippen LogP contribution is -2.36. The first-order chi connectivity index (χ1) is 14.3. The summed E-state index contributed by atoms with van der Waals surface area (Å²) in [6.07, 6.45) is -1.13. The number of hydrogen-bond donors (Lipinski definition) is 2. The fourth-order valence-corrected chi connectivity index (χ4v) is 2.44. The zero-order chi connectivity index (χ0) is 22.1. The molecule has 0 aliphatic heterocycles.